The van der Waals surface area contributed by atoms with Crippen LogP contribution in [0.25, 0.3) is 5.65 Å². The van der Waals surface area contributed by atoms with E-state index in [0.717, 1.165) is 36.9 Å². The van der Waals surface area contributed by atoms with Crippen molar-refractivity contribution >= 4 is 22.3 Å². The lowest BCUT2D eigenvalue weighted by Crippen LogP contribution is -2.42. The number of aryl methyl sites for hydroxylation is 1. The minimum Gasteiger partial charge on any atom is -0.448 e. The number of alkyl halides is 4. The minimum absolute atomic E-state index is 0.0820. The molecule has 2 unspecified atom stereocenters. The number of hydrogen-bond acceptors (Lipinski definition) is 7. The minimum atomic E-state index is -5.10. The first-order valence-corrected chi connectivity index (χ1v) is 10.8. The standard InChI is InChI=1S/C19H20F4N6OS/c1-10-24-18(31-27-10)28-8-11-4-5-12(9-28)13(11)7-15-25-16-14(3-2-6-29(16)26-15)30-17(20)19(21,22)23/h2-3,6,11-13,17H,4-5,7-9H2,1H3/t11-,12+,13?,17?. The van der Waals surface area contributed by atoms with Gasteiger partial charge in [-0.25, -0.2) is 14.5 Å². The largest absolute Gasteiger partial charge is 0.457 e. The number of hydrogen-bond donors (Lipinski definition) is 0. The van der Waals surface area contributed by atoms with Crippen molar-refractivity contribution in [2.45, 2.75) is 38.7 Å². The molecule has 0 aromatic carbocycles. The second-order valence-corrected chi connectivity index (χ2v) is 8.87. The fourth-order valence-corrected chi connectivity index (χ4v) is 5.42. The van der Waals surface area contributed by atoms with Gasteiger partial charge in [-0.05, 0) is 49.7 Å². The summed E-state index contributed by atoms with van der Waals surface area (Å²) >= 11 is 1.42. The molecule has 3 aromatic rings. The van der Waals surface area contributed by atoms with Crippen molar-refractivity contribution in [2.24, 2.45) is 17.8 Å². The van der Waals surface area contributed by atoms with E-state index in [-0.39, 0.29) is 11.4 Å². The number of halogens is 4. The molecule has 0 spiro atoms. The molecule has 166 valence electrons. The van der Waals surface area contributed by atoms with E-state index in [9.17, 15) is 17.6 Å². The molecule has 3 aromatic heterocycles. The van der Waals surface area contributed by atoms with E-state index in [0.29, 0.717) is 30.0 Å². The summed E-state index contributed by atoms with van der Waals surface area (Å²) in [5, 5.41) is 5.35. The molecule has 2 bridgehead atoms. The first-order valence-electron chi connectivity index (χ1n) is 10.0. The zero-order chi connectivity index (χ0) is 21.8. The lowest BCUT2D eigenvalue weighted by atomic mass is 9.82. The normalized spacial score (nSPS) is 24.7. The van der Waals surface area contributed by atoms with Crippen LogP contribution in [0.2, 0.25) is 0 Å². The maximum Gasteiger partial charge on any atom is 0.457 e. The molecule has 0 amide bonds. The van der Waals surface area contributed by atoms with Crippen molar-refractivity contribution in [1.82, 2.24) is 24.0 Å². The van der Waals surface area contributed by atoms with E-state index in [1.807, 2.05) is 6.92 Å². The Morgan fingerprint density at radius 1 is 1.23 bits per heavy atom. The molecule has 2 fully saturated rings. The van der Waals surface area contributed by atoms with Gasteiger partial charge in [0, 0.05) is 37.2 Å². The lowest BCUT2D eigenvalue weighted by Gasteiger charge is -2.37. The summed E-state index contributed by atoms with van der Waals surface area (Å²) in [5.41, 5.74) is 0.0820. The monoisotopic (exact) mass is 456 g/mol. The van der Waals surface area contributed by atoms with Crippen LogP contribution in [0, 0.1) is 24.7 Å². The molecule has 1 aliphatic carbocycles. The second-order valence-electron chi connectivity index (χ2n) is 8.14. The summed E-state index contributed by atoms with van der Waals surface area (Å²) in [7, 11) is 0. The fraction of sp³-hybridized carbons (Fsp3) is 0.579. The molecule has 1 aliphatic heterocycles. The molecule has 0 radical (unpaired) electrons. The van der Waals surface area contributed by atoms with E-state index in [1.165, 1.54) is 28.2 Å². The highest BCUT2D eigenvalue weighted by Crippen LogP contribution is 2.44. The molecular formula is C19H20F4N6OS. The Morgan fingerprint density at radius 3 is 2.61 bits per heavy atom. The number of anilines is 1. The Bertz CT molecular complexity index is 1070. The second kappa shape index (κ2) is 7.57. The Morgan fingerprint density at radius 2 is 1.97 bits per heavy atom. The van der Waals surface area contributed by atoms with Gasteiger partial charge in [-0.15, -0.1) is 0 Å². The first kappa shape index (κ1) is 20.4. The molecular weight excluding hydrogens is 436 g/mol. The zero-order valence-corrected chi connectivity index (χ0v) is 17.4. The molecule has 2 aliphatic rings. The molecule has 0 N–H and O–H groups in total. The van der Waals surface area contributed by atoms with Crippen molar-refractivity contribution in [3.63, 3.8) is 0 Å². The molecule has 12 heteroatoms. The average molecular weight is 456 g/mol. The smallest absolute Gasteiger partial charge is 0.448 e. The van der Waals surface area contributed by atoms with Crippen LogP contribution in [0.5, 0.6) is 5.75 Å². The van der Waals surface area contributed by atoms with Crippen molar-refractivity contribution < 1.29 is 22.3 Å². The SMILES string of the molecule is Cc1nsc(N2C[C@H]3CC[C@@H](C2)C3Cc2nc3c(OC(F)C(F)(F)F)cccn3n2)n1. The Kier molecular flexibility index (Phi) is 4.98. The van der Waals surface area contributed by atoms with Crippen molar-refractivity contribution in [2.75, 3.05) is 18.0 Å². The number of ether oxygens (including phenoxy) is 1. The number of pyridine rings is 1. The average Bonchev–Trinajstić information content (AvgIpc) is 3.38. The van der Waals surface area contributed by atoms with Crippen LogP contribution in [0.1, 0.15) is 24.5 Å². The summed E-state index contributed by atoms with van der Waals surface area (Å²) < 4.78 is 61.1. The molecule has 7 nitrogen and oxygen atoms in total. The summed E-state index contributed by atoms with van der Waals surface area (Å²) in [6.45, 7) is 3.67. The van der Waals surface area contributed by atoms with Crippen LogP contribution in [-0.4, -0.2) is 49.6 Å². The quantitative estimate of drug-likeness (QED) is 0.544. The third-order valence-corrected chi connectivity index (χ3v) is 6.96. The first-order chi connectivity index (χ1) is 14.8. The van der Waals surface area contributed by atoms with Crippen LogP contribution in [0.4, 0.5) is 22.7 Å². The predicted octanol–water partition coefficient (Wildman–Crippen LogP) is 3.83. The maximum absolute atomic E-state index is 13.4. The molecule has 31 heavy (non-hydrogen) atoms. The molecule has 4 atom stereocenters. The van der Waals surface area contributed by atoms with E-state index >= 15 is 0 Å². The summed E-state index contributed by atoms with van der Waals surface area (Å²) in [5.74, 6) is 2.34. The van der Waals surface area contributed by atoms with Gasteiger partial charge >= 0.3 is 12.5 Å². The van der Waals surface area contributed by atoms with Gasteiger partial charge < -0.3 is 9.64 Å². The molecule has 1 saturated heterocycles. The van der Waals surface area contributed by atoms with Gasteiger partial charge in [0.1, 0.15) is 5.82 Å². The highest BCUT2D eigenvalue weighted by Gasteiger charge is 2.44. The van der Waals surface area contributed by atoms with Gasteiger partial charge in [0.25, 0.3) is 0 Å². The predicted molar refractivity (Wildman–Crippen MR) is 105 cm³/mol. The van der Waals surface area contributed by atoms with E-state index < -0.39 is 12.5 Å². The molecule has 4 heterocycles. The van der Waals surface area contributed by atoms with Gasteiger partial charge in [-0.1, -0.05) is 0 Å². The van der Waals surface area contributed by atoms with E-state index in [4.69, 9.17) is 0 Å². The maximum atomic E-state index is 13.4. The van der Waals surface area contributed by atoms with Gasteiger partial charge in [0.15, 0.2) is 17.2 Å². The zero-order valence-electron chi connectivity index (χ0n) is 16.6. The Hall–Kier alpha value is -2.50. The van der Waals surface area contributed by atoms with Crippen LogP contribution >= 0.6 is 11.5 Å². The number of nitrogens with zero attached hydrogens (tertiary/aromatic N) is 6. The highest BCUT2D eigenvalue weighted by molar-refractivity contribution is 7.09. The number of fused-ring (bicyclic) bond motifs is 3. The summed E-state index contributed by atoms with van der Waals surface area (Å²) in [6.07, 6.45) is -4.11. The van der Waals surface area contributed by atoms with Gasteiger partial charge in [-0.2, -0.15) is 27.0 Å². The van der Waals surface area contributed by atoms with Gasteiger partial charge in [0.05, 0.1) is 0 Å². The number of rotatable bonds is 5. The van der Waals surface area contributed by atoms with Gasteiger partial charge in [-0.3, -0.25) is 0 Å². The number of aromatic nitrogens is 5. The summed E-state index contributed by atoms with van der Waals surface area (Å²) in [4.78, 5) is 11.2. The lowest BCUT2D eigenvalue weighted by molar-refractivity contribution is -0.236. The highest BCUT2D eigenvalue weighted by atomic mass is 32.1. The van der Waals surface area contributed by atoms with Gasteiger partial charge in [0.2, 0.25) is 5.13 Å². The Labute approximate surface area is 179 Å². The topological polar surface area (TPSA) is 68.4 Å². The van der Waals surface area contributed by atoms with E-state index in [1.54, 1.807) is 6.20 Å². The summed E-state index contributed by atoms with van der Waals surface area (Å²) in [6, 6.07) is 2.72. The molecule has 5 rings (SSSR count). The van der Waals surface area contributed by atoms with Crippen LogP contribution in [0.3, 0.4) is 0 Å². The van der Waals surface area contributed by atoms with Crippen molar-refractivity contribution in [1.29, 1.82) is 0 Å². The van der Waals surface area contributed by atoms with Crippen LogP contribution in [0.15, 0.2) is 18.3 Å². The fourth-order valence-electron chi connectivity index (χ4n) is 4.73. The Balaban J connectivity index is 1.33. The van der Waals surface area contributed by atoms with Crippen LogP contribution in [-0.2, 0) is 6.42 Å². The van der Waals surface area contributed by atoms with Crippen molar-refractivity contribution in [3.05, 3.63) is 30.0 Å². The molecule has 1 saturated carbocycles. The van der Waals surface area contributed by atoms with Crippen LogP contribution < -0.4 is 9.64 Å². The van der Waals surface area contributed by atoms with Crippen molar-refractivity contribution in [3.8, 4) is 5.75 Å². The third kappa shape index (κ3) is 3.92. The number of piperidine rings is 1. The third-order valence-electron chi connectivity index (χ3n) is 6.09. The van der Waals surface area contributed by atoms with E-state index in [2.05, 4.69) is 29.1 Å².